The van der Waals surface area contributed by atoms with Crippen LogP contribution >= 0.6 is 0 Å². The molecule has 1 aromatic rings. The molecule has 14 heavy (non-hydrogen) atoms. The lowest BCUT2D eigenvalue weighted by molar-refractivity contribution is 0.451. The van der Waals surface area contributed by atoms with Gasteiger partial charge in [0, 0.05) is 11.2 Å². The molecule has 0 fully saturated rings. The van der Waals surface area contributed by atoms with Gasteiger partial charge in [-0.3, -0.25) is 0 Å². The zero-order valence-corrected chi connectivity index (χ0v) is 9.51. The zero-order chi connectivity index (χ0) is 10.4. The van der Waals surface area contributed by atoms with Crippen LogP contribution in [0.2, 0.25) is 0 Å². The molecule has 0 aliphatic carbocycles. The number of anilines is 1. The van der Waals surface area contributed by atoms with E-state index in [4.69, 9.17) is 0 Å². The van der Waals surface area contributed by atoms with Gasteiger partial charge in [-0.2, -0.15) is 0 Å². The van der Waals surface area contributed by atoms with Gasteiger partial charge in [-0.1, -0.05) is 38.5 Å². The number of hydrogen-bond donors (Lipinski definition) is 1. The van der Waals surface area contributed by atoms with Crippen LogP contribution < -0.4 is 5.32 Å². The largest absolute Gasteiger partial charge is 0.380 e. The van der Waals surface area contributed by atoms with Gasteiger partial charge in [-0.25, -0.2) is 0 Å². The molecule has 1 N–H and O–H groups in total. The summed E-state index contributed by atoms with van der Waals surface area (Å²) in [7, 11) is 0. The van der Waals surface area contributed by atoms with Crippen LogP contribution in [0.25, 0.3) is 0 Å². The molecule has 1 atom stereocenters. The van der Waals surface area contributed by atoms with Crippen LogP contribution in [0.3, 0.4) is 0 Å². The lowest BCUT2D eigenvalue weighted by Gasteiger charge is -2.30. The van der Waals surface area contributed by atoms with Crippen LogP contribution in [-0.2, 0) is 0 Å². The second kappa shape index (κ2) is 5.04. The van der Waals surface area contributed by atoms with Crippen LogP contribution in [0, 0.1) is 0 Å². The van der Waals surface area contributed by atoms with Crippen molar-refractivity contribution in [2.24, 2.45) is 0 Å². The smallest absolute Gasteiger partial charge is 0.0344 e. The Morgan fingerprint density at radius 2 is 1.79 bits per heavy atom. The fourth-order valence-corrected chi connectivity index (χ4v) is 1.75. The number of rotatable bonds is 5. The normalized spacial score (nSPS) is 14.8. The summed E-state index contributed by atoms with van der Waals surface area (Å²) in [6, 6.07) is 10.5. The first-order valence-corrected chi connectivity index (χ1v) is 5.53. The summed E-state index contributed by atoms with van der Waals surface area (Å²) in [5, 5.41) is 3.61. The molecule has 0 radical (unpaired) electrons. The Bertz CT molecular complexity index is 255. The third-order valence-electron chi connectivity index (χ3n) is 2.80. The van der Waals surface area contributed by atoms with Crippen LogP contribution in [0.5, 0.6) is 0 Å². The maximum Gasteiger partial charge on any atom is 0.0344 e. The number of hydrogen-bond acceptors (Lipinski definition) is 1. The first kappa shape index (κ1) is 11.1. The van der Waals surface area contributed by atoms with Gasteiger partial charge >= 0.3 is 0 Å². The molecule has 0 aromatic heterocycles. The highest BCUT2D eigenvalue weighted by Crippen LogP contribution is 2.22. The minimum atomic E-state index is 0.246. The Morgan fingerprint density at radius 1 is 1.14 bits per heavy atom. The molecule has 1 heteroatoms. The van der Waals surface area contributed by atoms with Crippen LogP contribution in [-0.4, -0.2) is 5.54 Å². The van der Waals surface area contributed by atoms with Crippen LogP contribution in [0.4, 0.5) is 5.69 Å². The van der Waals surface area contributed by atoms with Crippen molar-refractivity contribution in [3.05, 3.63) is 30.3 Å². The fourth-order valence-electron chi connectivity index (χ4n) is 1.75. The number of nitrogens with one attached hydrogen (secondary N) is 1. The summed E-state index contributed by atoms with van der Waals surface area (Å²) >= 11 is 0. The second-order valence-corrected chi connectivity index (χ2v) is 4.16. The Kier molecular flexibility index (Phi) is 3.99. The standard InChI is InChI=1S/C13H21N/c1-4-11-13(3,5-2)14-12-9-7-6-8-10-12/h6-10,14H,4-5,11H2,1-3H3. The van der Waals surface area contributed by atoms with Crippen molar-refractivity contribution in [3.8, 4) is 0 Å². The number of benzene rings is 1. The molecular formula is C13H21N. The predicted molar refractivity (Wildman–Crippen MR) is 63.7 cm³/mol. The van der Waals surface area contributed by atoms with Gasteiger partial charge < -0.3 is 5.32 Å². The topological polar surface area (TPSA) is 12.0 Å². The van der Waals surface area contributed by atoms with Crippen molar-refractivity contribution in [1.82, 2.24) is 0 Å². The minimum Gasteiger partial charge on any atom is -0.380 e. The SMILES string of the molecule is CCCC(C)(CC)Nc1ccccc1. The molecule has 0 saturated heterocycles. The van der Waals surface area contributed by atoms with Crippen molar-refractivity contribution in [1.29, 1.82) is 0 Å². The predicted octanol–water partition coefficient (Wildman–Crippen LogP) is 4.07. The van der Waals surface area contributed by atoms with E-state index in [-0.39, 0.29) is 5.54 Å². The van der Waals surface area contributed by atoms with E-state index in [9.17, 15) is 0 Å². The zero-order valence-electron chi connectivity index (χ0n) is 9.51. The summed E-state index contributed by atoms with van der Waals surface area (Å²) in [5.41, 5.74) is 1.47. The molecule has 0 bridgehead atoms. The Labute approximate surface area is 87.5 Å². The second-order valence-electron chi connectivity index (χ2n) is 4.16. The molecule has 1 rings (SSSR count). The van der Waals surface area contributed by atoms with E-state index in [1.54, 1.807) is 0 Å². The third kappa shape index (κ3) is 3.06. The molecule has 1 nitrogen and oxygen atoms in total. The molecule has 78 valence electrons. The summed E-state index contributed by atoms with van der Waals surface area (Å²) in [6.45, 7) is 6.77. The van der Waals surface area contributed by atoms with E-state index in [2.05, 4.69) is 50.4 Å². The third-order valence-corrected chi connectivity index (χ3v) is 2.80. The molecule has 1 unspecified atom stereocenters. The highest BCUT2D eigenvalue weighted by Gasteiger charge is 2.19. The molecule has 0 spiro atoms. The Morgan fingerprint density at radius 3 is 2.29 bits per heavy atom. The van der Waals surface area contributed by atoms with Crippen molar-refractivity contribution in [3.63, 3.8) is 0 Å². The van der Waals surface area contributed by atoms with Crippen molar-refractivity contribution < 1.29 is 0 Å². The summed E-state index contributed by atoms with van der Waals surface area (Å²) in [5.74, 6) is 0. The molecule has 1 aromatic carbocycles. The van der Waals surface area contributed by atoms with Gasteiger partial charge in [0.2, 0.25) is 0 Å². The summed E-state index contributed by atoms with van der Waals surface area (Å²) < 4.78 is 0. The van der Waals surface area contributed by atoms with E-state index >= 15 is 0 Å². The van der Waals surface area contributed by atoms with E-state index in [0.717, 1.165) is 6.42 Å². The van der Waals surface area contributed by atoms with Gasteiger partial charge in [0.05, 0.1) is 0 Å². The highest BCUT2D eigenvalue weighted by atomic mass is 15.0. The Hall–Kier alpha value is -0.980. The van der Waals surface area contributed by atoms with Gasteiger partial charge in [0.1, 0.15) is 0 Å². The summed E-state index contributed by atoms with van der Waals surface area (Å²) in [4.78, 5) is 0. The van der Waals surface area contributed by atoms with Crippen LogP contribution in [0.1, 0.15) is 40.0 Å². The molecule has 0 heterocycles. The average Bonchev–Trinajstić information content (AvgIpc) is 2.20. The highest BCUT2D eigenvalue weighted by molar-refractivity contribution is 5.44. The quantitative estimate of drug-likeness (QED) is 0.740. The van der Waals surface area contributed by atoms with Crippen molar-refractivity contribution in [2.45, 2.75) is 45.6 Å². The van der Waals surface area contributed by atoms with E-state index in [1.807, 2.05) is 6.07 Å². The van der Waals surface area contributed by atoms with Gasteiger partial charge in [0.25, 0.3) is 0 Å². The monoisotopic (exact) mass is 191 g/mol. The number of para-hydroxylation sites is 1. The first-order chi connectivity index (χ1) is 6.70. The average molecular weight is 191 g/mol. The molecule has 0 aliphatic rings. The van der Waals surface area contributed by atoms with E-state index in [0.29, 0.717) is 0 Å². The first-order valence-electron chi connectivity index (χ1n) is 5.53. The lowest BCUT2D eigenvalue weighted by Crippen LogP contribution is -2.33. The Balaban J connectivity index is 2.65. The molecule has 0 saturated carbocycles. The maximum atomic E-state index is 3.61. The van der Waals surface area contributed by atoms with Crippen molar-refractivity contribution >= 4 is 5.69 Å². The maximum absolute atomic E-state index is 3.61. The molecule has 0 aliphatic heterocycles. The molecular weight excluding hydrogens is 170 g/mol. The minimum absolute atomic E-state index is 0.246. The fraction of sp³-hybridized carbons (Fsp3) is 0.538. The van der Waals surface area contributed by atoms with E-state index in [1.165, 1.54) is 18.5 Å². The lowest BCUT2D eigenvalue weighted by atomic mass is 9.93. The van der Waals surface area contributed by atoms with Crippen LogP contribution in [0.15, 0.2) is 30.3 Å². The summed E-state index contributed by atoms with van der Waals surface area (Å²) in [6.07, 6.45) is 3.61. The van der Waals surface area contributed by atoms with Gasteiger partial charge in [-0.15, -0.1) is 0 Å². The van der Waals surface area contributed by atoms with Crippen molar-refractivity contribution in [2.75, 3.05) is 5.32 Å². The molecule has 0 amide bonds. The van der Waals surface area contributed by atoms with Gasteiger partial charge in [0.15, 0.2) is 0 Å². The van der Waals surface area contributed by atoms with E-state index < -0.39 is 0 Å². The van der Waals surface area contributed by atoms with Gasteiger partial charge in [-0.05, 0) is 31.9 Å².